The van der Waals surface area contributed by atoms with Crippen LogP contribution in [-0.4, -0.2) is 48.7 Å². The summed E-state index contributed by atoms with van der Waals surface area (Å²) in [4.78, 5) is 12.1. The molecular formula is C12H22N2O2. The lowest BCUT2D eigenvalue weighted by molar-refractivity contribution is -0.138. The first-order chi connectivity index (χ1) is 7.40. The van der Waals surface area contributed by atoms with Gasteiger partial charge < -0.3 is 10.1 Å². The Labute approximate surface area is 97.3 Å². The molecule has 3 aliphatic rings. The number of nitrogens with one attached hydrogen (secondary N) is 1. The molecule has 3 atom stereocenters. The highest BCUT2D eigenvalue weighted by atomic mass is 16.5. The predicted octanol–water partition coefficient (Wildman–Crippen LogP) is 0.620. The van der Waals surface area contributed by atoms with E-state index in [2.05, 4.69) is 22.0 Å². The number of ether oxygens (including phenoxy) is 1. The van der Waals surface area contributed by atoms with Crippen molar-refractivity contribution in [3.63, 3.8) is 0 Å². The summed E-state index contributed by atoms with van der Waals surface area (Å²) in [5, 5.41) is 3.54. The normalized spacial score (nSPS) is 39.8. The Morgan fingerprint density at radius 2 is 2.19 bits per heavy atom. The molecule has 2 saturated heterocycles. The number of carbonyl (C=O) groups excluding carboxylic acids is 1. The van der Waals surface area contributed by atoms with Gasteiger partial charge in [-0.3, -0.25) is 9.69 Å². The lowest BCUT2D eigenvalue weighted by Crippen LogP contribution is -2.63. The monoisotopic (exact) mass is 226 g/mol. The van der Waals surface area contributed by atoms with Gasteiger partial charge in [-0.2, -0.15) is 0 Å². The molecule has 0 aromatic carbocycles. The van der Waals surface area contributed by atoms with Gasteiger partial charge in [0, 0.05) is 24.7 Å². The Balaban J connectivity index is 0.000000127. The van der Waals surface area contributed by atoms with E-state index in [1.165, 1.54) is 19.5 Å². The number of piperidine rings is 1. The van der Waals surface area contributed by atoms with Crippen LogP contribution >= 0.6 is 0 Å². The van der Waals surface area contributed by atoms with Gasteiger partial charge in [0.25, 0.3) is 6.47 Å². The van der Waals surface area contributed by atoms with Crippen molar-refractivity contribution >= 4 is 6.47 Å². The molecule has 0 amide bonds. The molecule has 3 fully saturated rings. The Bertz CT molecular complexity index is 281. The summed E-state index contributed by atoms with van der Waals surface area (Å²) in [7, 11) is 2.25. The van der Waals surface area contributed by atoms with Crippen molar-refractivity contribution in [1.82, 2.24) is 10.2 Å². The van der Waals surface area contributed by atoms with Gasteiger partial charge in [-0.1, -0.05) is 0 Å². The molecule has 0 radical (unpaired) electrons. The fourth-order valence-electron chi connectivity index (χ4n) is 2.90. The van der Waals surface area contributed by atoms with E-state index < -0.39 is 0 Å². The summed E-state index contributed by atoms with van der Waals surface area (Å²) in [6, 6.07) is 0.868. The van der Waals surface area contributed by atoms with Crippen LogP contribution in [0.25, 0.3) is 0 Å². The maximum Gasteiger partial charge on any atom is 0.293 e. The zero-order valence-electron chi connectivity index (χ0n) is 10.6. The fraction of sp³-hybridized carbons (Fsp3) is 0.917. The van der Waals surface area contributed by atoms with Crippen molar-refractivity contribution in [3.8, 4) is 0 Å². The molecule has 2 aliphatic heterocycles. The quantitative estimate of drug-likeness (QED) is 0.666. The highest BCUT2D eigenvalue weighted by Crippen LogP contribution is 2.58. The first-order valence-corrected chi connectivity index (χ1v) is 5.96. The van der Waals surface area contributed by atoms with E-state index in [1.807, 2.05) is 20.8 Å². The summed E-state index contributed by atoms with van der Waals surface area (Å²) in [6.07, 6.45) is 1.47. The fourth-order valence-corrected chi connectivity index (χ4v) is 2.90. The molecule has 16 heavy (non-hydrogen) atoms. The SMILES string of the molecule is CC(C)(C)OC=O.CN1CC2NCC3CC321. The third-order valence-corrected chi connectivity index (χ3v) is 3.90. The first kappa shape index (κ1) is 11.9. The summed E-state index contributed by atoms with van der Waals surface area (Å²) in [6.45, 7) is 8.50. The maximum atomic E-state index is 9.60. The van der Waals surface area contributed by atoms with Gasteiger partial charge >= 0.3 is 0 Å². The van der Waals surface area contributed by atoms with Crippen LogP contribution in [0.5, 0.6) is 0 Å². The second-order valence-electron chi connectivity index (χ2n) is 6.06. The molecule has 3 rings (SSSR count). The number of hydrogen-bond donors (Lipinski definition) is 1. The average molecular weight is 226 g/mol. The molecule has 1 spiro atoms. The van der Waals surface area contributed by atoms with E-state index in [1.54, 1.807) is 0 Å². The van der Waals surface area contributed by atoms with Gasteiger partial charge in [0.15, 0.2) is 0 Å². The molecule has 92 valence electrons. The van der Waals surface area contributed by atoms with Gasteiger partial charge in [0.05, 0.1) is 0 Å². The summed E-state index contributed by atoms with van der Waals surface area (Å²) < 4.78 is 4.55. The van der Waals surface area contributed by atoms with E-state index in [0.717, 1.165) is 12.0 Å². The second-order valence-corrected chi connectivity index (χ2v) is 6.06. The molecular weight excluding hydrogens is 204 g/mol. The van der Waals surface area contributed by atoms with Gasteiger partial charge in [-0.05, 0) is 40.2 Å². The van der Waals surface area contributed by atoms with Crippen LogP contribution in [0.3, 0.4) is 0 Å². The summed E-state index contributed by atoms with van der Waals surface area (Å²) in [5.74, 6) is 1.02. The molecule has 0 aromatic rings. The topological polar surface area (TPSA) is 41.6 Å². The Morgan fingerprint density at radius 1 is 1.50 bits per heavy atom. The van der Waals surface area contributed by atoms with Crippen LogP contribution in [0, 0.1) is 5.92 Å². The van der Waals surface area contributed by atoms with E-state index in [0.29, 0.717) is 12.0 Å². The van der Waals surface area contributed by atoms with Crippen molar-refractivity contribution in [2.24, 2.45) is 5.92 Å². The zero-order valence-corrected chi connectivity index (χ0v) is 10.6. The number of nitrogens with zero attached hydrogens (tertiary/aromatic N) is 1. The van der Waals surface area contributed by atoms with Crippen LogP contribution in [0.2, 0.25) is 0 Å². The van der Waals surface area contributed by atoms with Gasteiger partial charge in [-0.25, -0.2) is 0 Å². The molecule has 4 nitrogen and oxygen atoms in total. The standard InChI is InChI=1S/C7H12N2.C5H10O2/c1-9-4-6-7(9)2-5(7)3-8-6;1-5(2,3)7-4-6/h5-6,8H,2-4H2,1H3;4H,1-3H3. The van der Waals surface area contributed by atoms with Crippen molar-refractivity contribution in [3.05, 3.63) is 0 Å². The second kappa shape index (κ2) is 3.70. The number of carbonyl (C=O) groups is 1. The molecule has 1 N–H and O–H groups in total. The Morgan fingerprint density at radius 3 is 2.44 bits per heavy atom. The molecule has 0 bridgehead atoms. The molecule has 1 aliphatic carbocycles. The van der Waals surface area contributed by atoms with Crippen LogP contribution in [-0.2, 0) is 9.53 Å². The zero-order chi connectivity index (χ0) is 12.0. The number of likely N-dealkylation sites (N-methyl/N-ethyl adjacent to an activating group) is 1. The molecule has 1 saturated carbocycles. The third kappa shape index (κ3) is 1.84. The highest BCUT2D eigenvalue weighted by Gasteiger charge is 2.70. The van der Waals surface area contributed by atoms with E-state index in [9.17, 15) is 4.79 Å². The molecule has 4 heteroatoms. The van der Waals surface area contributed by atoms with E-state index >= 15 is 0 Å². The van der Waals surface area contributed by atoms with Gasteiger partial charge in [-0.15, -0.1) is 0 Å². The maximum absolute atomic E-state index is 9.60. The minimum Gasteiger partial charge on any atom is -0.462 e. The van der Waals surface area contributed by atoms with Crippen molar-refractivity contribution in [1.29, 1.82) is 0 Å². The third-order valence-electron chi connectivity index (χ3n) is 3.90. The van der Waals surface area contributed by atoms with Crippen LogP contribution in [0.1, 0.15) is 27.2 Å². The Kier molecular flexibility index (Phi) is 2.75. The minimum absolute atomic E-state index is 0.318. The van der Waals surface area contributed by atoms with Gasteiger partial charge in [0.2, 0.25) is 0 Å². The lowest BCUT2D eigenvalue weighted by Gasteiger charge is -2.45. The first-order valence-electron chi connectivity index (χ1n) is 5.96. The molecule has 0 aromatic heterocycles. The molecule has 2 heterocycles. The smallest absolute Gasteiger partial charge is 0.293 e. The van der Waals surface area contributed by atoms with Crippen LogP contribution in [0.4, 0.5) is 0 Å². The average Bonchev–Trinajstić information content (AvgIpc) is 2.83. The van der Waals surface area contributed by atoms with Crippen LogP contribution in [0.15, 0.2) is 0 Å². The van der Waals surface area contributed by atoms with Crippen LogP contribution < -0.4 is 5.32 Å². The minimum atomic E-state index is -0.318. The number of likely N-dealkylation sites (tertiary alicyclic amines) is 1. The number of hydrogen-bond acceptors (Lipinski definition) is 4. The Hall–Kier alpha value is -0.610. The van der Waals surface area contributed by atoms with E-state index in [4.69, 9.17) is 0 Å². The highest BCUT2D eigenvalue weighted by molar-refractivity contribution is 5.37. The lowest BCUT2D eigenvalue weighted by atomic mass is 9.95. The summed E-state index contributed by atoms with van der Waals surface area (Å²) in [5.41, 5.74) is 0.363. The molecule has 3 unspecified atom stereocenters. The van der Waals surface area contributed by atoms with E-state index in [-0.39, 0.29) is 5.60 Å². The number of rotatable bonds is 1. The largest absolute Gasteiger partial charge is 0.462 e. The van der Waals surface area contributed by atoms with Crippen molar-refractivity contribution in [2.75, 3.05) is 20.1 Å². The van der Waals surface area contributed by atoms with Crippen molar-refractivity contribution < 1.29 is 9.53 Å². The van der Waals surface area contributed by atoms with Gasteiger partial charge in [0.1, 0.15) is 5.60 Å². The van der Waals surface area contributed by atoms with Crippen molar-refractivity contribution in [2.45, 2.75) is 44.4 Å². The summed E-state index contributed by atoms with van der Waals surface area (Å²) >= 11 is 0. The predicted molar refractivity (Wildman–Crippen MR) is 62.2 cm³/mol.